The van der Waals surface area contributed by atoms with Crippen molar-refractivity contribution in [2.24, 2.45) is 0 Å². The zero-order valence-electron chi connectivity index (χ0n) is 19.1. The van der Waals surface area contributed by atoms with E-state index in [9.17, 15) is 24.7 Å². The van der Waals surface area contributed by atoms with Crippen molar-refractivity contribution >= 4 is 34.4 Å². The SMILES string of the molecule is O=c1ccn(C2OC(COP(O)OP(O)O)C(O)C2O)c(=O)n1Cc1cc(C2=CCCC(Cl)=C2)ccn1. The Bertz CT molecular complexity index is 1300. The summed E-state index contributed by atoms with van der Waals surface area (Å²) in [4.78, 5) is 57.0. The predicted molar refractivity (Wildman–Crippen MR) is 133 cm³/mol. The smallest absolute Gasteiger partial charge is 0.337 e. The quantitative estimate of drug-likeness (QED) is 0.267. The van der Waals surface area contributed by atoms with Crippen molar-refractivity contribution in [1.29, 1.82) is 0 Å². The van der Waals surface area contributed by atoms with Gasteiger partial charge in [0.2, 0.25) is 0 Å². The first kappa shape index (κ1) is 28.2. The third kappa shape index (κ3) is 6.78. The maximum Gasteiger partial charge on any atom is 0.337 e. The third-order valence-electron chi connectivity index (χ3n) is 5.73. The molecule has 5 unspecified atom stereocenters. The lowest BCUT2D eigenvalue weighted by Gasteiger charge is -2.19. The van der Waals surface area contributed by atoms with E-state index in [4.69, 9.17) is 30.6 Å². The fourth-order valence-electron chi connectivity index (χ4n) is 3.96. The monoisotopic (exact) mass is 575 g/mol. The number of aromatic nitrogens is 3. The van der Waals surface area contributed by atoms with Crippen LogP contribution in [0.25, 0.3) is 5.57 Å². The average molecular weight is 576 g/mol. The van der Waals surface area contributed by atoms with E-state index in [1.165, 1.54) is 0 Å². The molecule has 16 heteroatoms. The predicted octanol–water partition coefficient (Wildman–Crippen LogP) is 0.836. The largest absolute Gasteiger partial charge is 0.387 e. The van der Waals surface area contributed by atoms with Crippen molar-refractivity contribution in [1.82, 2.24) is 14.1 Å². The topological polar surface area (TPSA) is 186 Å². The number of ether oxygens (including phenoxy) is 1. The average Bonchev–Trinajstić information content (AvgIpc) is 3.13. The van der Waals surface area contributed by atoms with Gasteiger partial charge < -0.3 is 34.2 Å². The van der Waals surface area contributed by atoms with Crippen LogP contribution in [0.4, 0.5) is 0 Å². The summed E-state index contributed by atoms with van der Waals surface area (Å²) in [5, 5.41) is 21.5. The Morgan fingerprint density at radius 3 is 2.70 bits per heavy atom. The van der Waals surface area contributed by atoms with Crippen LogP contribution in [0, 0.1) is 0 Å². The van der Waals surface area contributed by atoms with Gasteiger partial charge in [-0.05, 0) is 42.2 Å². The van der Waals surface area contributed by atoms with Gasteiger partial charge in [-0.2, -0.15) is 0 Å². The molecule has 0 bridgehead atoms. The Hall–Kier alpha value is -1.86. The van der Waals surface area contributed by atoms with E-state index < -0.39 is 59.6 Å². The van der Waals surface area contributed by atoms with Gasteiger partial charge >= 0.3 is 22.9 Å². The van der Waals surface area contributed by atoms with Gasteiger partial charge in [0.25, 0.3) is 5.56 Å². The fourth-order valence-corrected chi connectivity index (χ4v) is 5.15. The summed E-state index contributed by atoms with van der Waals surface area (Å²) < 4.78 is 16.6. The highest BCUT2D eigenvalue weighted by molar-refractivity contribution is 7.54. The Balaban J connectivity index is 1.53. The van der Waals surface area contributed by atoms with Gasteiger partial charge in [-0.15, -0.1) is 0 Å². The summed E-state index contributed by atoms with van der Waals surface area (Å²) in [5.74, 6) is 0. The van der Waals surface area contributed by atoms with Crippen molar-refractivity contribution in [2.45, 2.75) is 43.9 Å². The molecule has 0 radical (unpaired) electrons. The second kappa shape index (κ2) is 12.3. The van der Waals surface area contributed by atoms with Gasteiger partial charge in [0, 0.05) is 23.5 Å². The minimum Gasteiger partial charge on any atom is -0.387 e. The van der Waals surface area contributed by atoms with Gasteiger partial charge in [0.15, 0.2) is 6.23 Å². The molecule has 2 aromatic rings. The minimum atomic E-state index is -2.86. The molecule has 1 aliphatic carbocycles. The Morgan fingerprint density at radius 2 is 1.97 bits per heavy atom. The number of hydrogen-bond donors (Lipinski definition) is 5. The van der Waals surface area contributed by atoms with Crippen LogP contribution in [0.3, 0.4) is 0 Å². The summed E-state index contributed by atoms with van der Waals surface area (Å²) in [7, 11) is -5.53. The van der Waals surface area contributed by atoms with Crippen LogP contribution >= 0.6 is 28.8 Å². The number of allylic oxidation sites excluding steroid dienone is 4. The number of hydrogen-bond acceptors (Lipinski definition) is 11. The van der Waals surface area contributed by atoms with E-state index in [1.54, 1.807) is 18.3 Å². The molecule has 5 N–H and O–H groups in total. The van der Waals surface area contributed by atoms with Gasteiger partial charge in [0.1, 0.15) is 18.3 Å². The molecule has 3 heterocycles. The van der Waals surface area contributed by atoms with Gasteiger partial charge in [0.05, 0.1) is 18.8 Å². The molecule has 2 aliphatic rings. The minimum absolute atomic E-state index is 0.160. The molecule has 0 aromatic carbocycles. The van der Waals surface area contributed by atoms with E-state index in [2.05, 4.69) is 9.29 Å². The Kier molecular flexibility index (Phi) is 9.38. The number of aliphatic hydroxyl groups is 2. The van der Waals surface area contributed by atoms with E-state index in [0.717, 1.165) is 50.4 Å². The first-order chi connectivity index (χ1) is 17.6. The zero-order valence-corrected chi connectivity index (χ0v) is 21.6. The molecule has 13 nitrogen and oxygen atoms in total. The number of halogens is 1. The van der Waals surface area contributed by atoms with E-state index in [-0.39, 0.29) is 6.54 Å². The highest BCUT2D eigenvalue weighted by Crippen LogP contribution is 2.46. The number of rotatable bonds is 9. The first-order valence-electron chi connectivity index (χ1n) is 11.0. The summed E-state index contributed by atoms with van der Waals surface area (Å²) in [6.07, 6.45) is 2.49. The molecule has 4 rings (SSSR count). The normalized spacial score (nSPS) is 24.7. The molecule has 0 saturated carbocycles. The molecule has 5 atom stereocenters. The molecule has 0 spiro atoms. The molecule has 1 aliphatic heterocycles. The second-order valence-electron chi connectivity index (χ2n) is 8.17. The van der Waals surface area contributed by atoms with E-state index >= 15 is 0 Å². The lowest BCUT2D eigenvalue weighted by atomic mass is 10.00. The van der Waals surface area contributed by atoms with Crippen molar-refractivity contribution in [2.75, 3.05) is 6.61 Å². The fraction of sp³-hybridized carbons (Fsp3) is 0.381. The molecule has 1 saturated heterocycles. The highest BCUT2D eigenvalue weighted by atomic mass is 35.5. The maximum atomic E-state index is 13.2. The third-order valence-corrected chi connectivity index (χ3v) is 7.54. The van der Waals surface area contributed by atoms with Crippen LogP contribution < -0.4 is 11.2 Å². The maximum absolute atomic E-state index is 13.2. The summed E-state index contributed by atoms with van der Waals surface area (Å²) >= 11 is 6.16. The number of pyridine rings is 1. The van der Waals surface area contributed by atoms with Gasteiger partial charge in [-0.25, -0.2) is 9.11 Å². The highest BCUT2D eigenvalue weighted by Gasteiger charge is 2.44. The molecule has 200 valence electrons. The van der Waals surface area contributed by atoms with Crippen LogP contribution in [-0.2, 0) is 20.1 Å². The van der Waals surface area contributed by atoms with Gasteiger partial charge in [-0.3, -0.25) is 18.9 Å². The standard InChI is InChI=1S/C21H24ClN3O10P2/c22-14-3-1-2-12(8-14)13-4-6-23-15(9-13)10-25-17(26)5-7-24(21(25)29)20-19(28)18(27)16(34-20)11-33-37(32)35-36(30)31/h2,4-9,16,18-20,27-28,30-32H,1,3,10-11H2. The summed E-state index contributed by atoms with van der Waals surface area (Å²) in [5.41, 5.74) is 0.767. The number of nitrogens with zero attached hydrogens (tertiary/aromatic N) is 3. The van der Waals surface area contributed by atoms with Crippen LogP contribution in [0.1, 0.15) is 30.3 Å². The molecule has 1 fully saturated rings. The molecule has 37 heavy (non-hydrogen) atoms. The lowest BCUT2D eigenvalue weighted by Crippen LogP contribution is -2.43. The van der Waals surface area contributed by atoms with Crippen LogP contribution in [0.5, 0.6) is 0 Å². The summed E-state index contributed by atoms with van der Waals surface area (Å²) in [6.45, 7) is -0.647. The van der Waals surface area contributed by atoms with Crippen molar-refractivity contribution < 1.29 is 38.5 Å². The molecular formula is C21H24ClN3O10P2. The Labute approximate surface area is 217 Å². The molecule has 2 aromatic heterocycles. The summed E-state index contributed by atoms with van der Waals surface area (Å²) in [6, 6.07) is 4.67. The second-order valence-corrected chi connectivity index (χ2v) is 10.5. The van der Waals surface area contributed by atoms with Crippen molar-refractivity contribution in [3.63, 3.8) is 0 Å². The molecule has 0 amide bonds. The van der Waals surface area contributed by atoms with E-state index in [0.29, 0.717) is 5.69 Å². The first-order valence-corrected chi connectivity index (χ1v) is 13.6. The zero-order chi connectivity index (χ0) is 26.7. The van der Waals surface area contributed by atoms with E-state index in [1.807, 2.05) is 12.2 Å². The van der Waals surface area contributed by atoms with Gasteiger partial charge in [-0.1, -0.05) is 17.7 Å². The van der Waals surface area contributed by atoms with Crippen LogP contribution in [-0.4, -0.2) is 63.9 Å². The lowest BCUT2D eigenvalue weighted by molar-refractivity contribution is -0.0530. The number of aliphatic hydroxyl groups excluding tert-OH is 2. The van der Waals surface area contributed by atoms with Crippen LogP contribution in [0.15, 0.2) is 57.4 Å². The van der Waals surface area contributed by atoms with Crippen molar-refractivity contribution in [3.8, 4) is 0 Å². The van der Waals surface area contributed by atoms with Crippen LogP contribution in [0.2, 0.25) is 0 Å². The molecular weight excluding hydrogens is 552 g/mol. The Morgan fingerprint density at radius 1 is 1.19 bits per heavy atom. The van der Waals surface area contributed by atoms with Crippen molar-refractivity contribution in [3.05, 3.63) is 79.9 Å².